The highest BCUT2D eigenvalue weighted by Gasteiger charge is 2.26. The number of piperazine rings is 1. The first kappa shape index (κ1) is 20.2. The molecule has 0 aliphatic carbocycles. The zero-order chi connectivity index (χ0) is 20.2. The summed E-state index contributed by atoms with van der Waals surface area (Å²) in [5.41, 5.74) is 3.77. The lowest BCUT2D eigenvalue weighted by atomic mass is 10.1. The molecule has 0 bridgehead atoms. The van der Waals surface area contributed by atoms with Gasteiger partial charge in [0.1, 0.15) is 38.5 Å². The molecule has 0 radical (unpaired) electrons. The van der Waals surface area contributed by atoms with Gasteiger partial charge in [-0.3, -0.25) is 4.79 Å². The molecule has 2 aromatic carbocycles. The molecule has 0 spiro atoms. The molecule has 1 atom stereocenters. The zero-order valence-electron chi connectivity index (χ0n) is 17.0. The summed E-state index contributed by atoms with van der Waals surface area (Å²) in [6, 6.07) is 14.3. The van der Waals surface area contributed by atoms with E-state index >= 15 is 0 Å². The van der Waals surface area contributed by atoms with Gasteiger partial charge in [-0.2, -0.15) is 0 Å². The molecule has 0 aromatic heterocycles. The first-order chi connectivity index (χ1) is 14.1. The Labute approximate surface area is 177 Å². The molecular weight excluding hydrogens is 386 g/mol. The number of nitrogens with one attached hydrogen (secondary N) is 3. The summed E-state index contributed by atoms with van der Waals surface area (Å²) >= 11 is 6.06. The fraction of sp³-hybridized carbons (Fsp3) is 0.435. The van der Waals surface area contributed by atoms with Crippen LogP contribution in [0.1, 0.15) is 29.7 Å². The number of quaternary nitrogens is 2. The number of carbonyl (C=O) groups is 1. The molecule has 5 nitrogen and oxygen atoms in total. The van der Waals surface area contributed by atoms with Crippen molar-refractivity contribution in [2.45, 2.75) is 25.9 Å². The maximum atomic E-state index is 12.5. The smallest absolute Gasteiger partial charge is 0.275 e. The van der Waals surface area contributed by atoms with Gasteiger partial charge < -0.3 is 19.9 Å². The molecule has 2 aromatic rings. The highest BCUT2D eigenvalue weighted by Crippen LogP contribution is 2.25. The number of carbonyl (C=O) groups excluding carboxylic acids is 1. The summed E-state index contributed by atoms with van der Waals surface area (Å²) in [6.45, 7) is 8.66. The van der Waals surface area contributed by atoms with Crippen molar-refractivity contribution in [3.8, 4) is 5.75 Å². The Morgan fingerprint density at radius 2 is 1.93 bits per heavy atom. The van der Waals surface area contributed by atoms with Gasteiger partial charge in [0, 0.05) is 17.0 Å². The quantitative estimate of drug-likeness (QED) is 0.641. The lowest BCUT2D eigenvalue weighted by Gasteiger charge is -2.29. The molecule has 1 saturated heterocycles. The second-order valence-corrected chi connectivity index (χ2v) is 8.67. The molecule has 29 heavy (non-hydrogen) atoms. The van der Waals surface area contributed by atoms with E-state index in [9.17, 15) is 4.79 Å². The molecule has 2 aliphatic rings. The van der Waals surface area contributed by atoms with E-state index in [0.717, 1.165) is 57.1 Å². The molecule has 1 fully saturated rings. The number of hydrogen-bond donors (Lipinski definition) is 3. The maximum absolute atomic E-state index is 12.5. The molecule has 3 N–H and O–H groups in total. The minimum atomic E-state index is -0.0312. The Hall–Kier alpha value is -2.08. The predicted octanol–water partition coefficient (Wildman–Crippen LogP) is 0.436. The lowest BCUT2D eigenvalue weighted by molar-refractivity contribution is -1.02. The van der Waals surface area contributed by atoms with Crippen LogP contribution in [0.2, 0.25) is 5.02 Å². The van der Waals surface area contributed by atoms with E-state index < -0.39 is 0 Å². The average molecular weight is 416 g/mol. The van der Waals surface area contributed by atoms with Gasteiger partial charge in [-0.1, -0.05) is 23.7 Å². The Balaban J connectivity index is 1.22. The summed E-state index contributed by atoms with van der Waals surface area (Å²) < 4.78 is 5.60. The topological polar surface area (TPSA) is 47.2 Å². The number of halogens is 1. The Bertz CT molecular complexity index is 865. The normalized spacial score (nSPS) is 21.9. The third-order valence-corrected chi connectivity index (χ3v) is 6.24. The fourth-order valence-electron chi connectivity index (χ4n) is 4.33. The van der Waals surface area contributed by atoms with Crippen LogP contribution >= 0.6 is 11.6 Å². The van der Waals surface area contributed by atoms with E-state index in [1.165, 1.54) is 16.0 Å². The SMILES string of the molecule is C[C@@H](NC(=O)C[NH+]1CC[NH+](Cc2ccc3c(c2)CCO3)CC1)c1cccc(Cl)c1. The van der Waals surface area contributed by atoms with Crippen LogP contribution in [-0.4, -0.2) is 45.2 Å². The molecule has 0 unspecified atom stereocenters. The minimum absolute atomic E-state index is 0.0312. The molecule has 2 heterocycles. The molecule has 2 aliphatic heterocycles. The zero-order valence-corrected chi connectivity index (χ0v) is 17.7. The molecular formula is C23H30ClN3O2+2. The van der Waals surface area contributed by atoms with Crippen molar-refractivity contribution in [1.29, 1.82) is 0 Å². The second kappa shape index (κ2) is 9.16. The third kappa shape index (κ3) is 5.30. The van der Waals surface area contributed by atoms with Crippen molar-refractivity contribution >= 4 is 17.5 Å². The van der Waals surface area contributed by atoms with Crippen molar-refractivity contribution in [2.24, 2.45) is 0 Å². The van der Waals surface area contributed by atoms with Crippen LogP contribution in [0.3, 0.4) is 0 Å². The van der Waals surface area contributed by atoms with Gasteiger partial charge in [0.25, 0.3) is 5.91 Å². The van der Waals surface area contributed by atoms with Crippen LogP contribution in [0.15, 0.2) is 42.5 Å². The Morgan fingerprint density at radius 1 is 1.14 bits per heavy atom. The summed E-state index contributed by atoms with van der Waals surface area (Å²) in [5.74, 6) is 1.16. The third-order valence-electron chi connectivity index (χ3n) is 6.01. The van der Waals surface area contributed by atoms with E-state index in [4.69, 9.17) is 16.3 Å². The summed E-state index contributed by atoms with van der Waals surface area (Å²) in [7, 11) is 0. The molecule has 6 heteroatoms. The van der Waals surface area contributed by atoms with E-state index in [-0.39, 0.29) is 11.9 Å². The highest BCUT2D eigenvalue weighted by atomic mass is 35.5. The number of amides is 1. The monoisotopic (exact) mass is 415 g/mol. The van der Waals surface area contributed by atoms with Crippen LogP contribution in [0.5, 0.6) is 5.75 Å². The minimum Gasteiger partial charge on any atom is -0.493 e. The molecule has 0 saturated carbocycles. The number of benzene rings is 2. The van der Waals surface area contributed by atoms with Crippen molar-refractivity contribution in [3.05, 3.63) is 64.2 Å². The van der Waals surface area contributed by atoms with Gasteiger partial charge in [0.2, 0.25) is 0 Å². The Kier molecular flexibility index (Phi) is 6.38. The first-order valence-corrected chi connectivity index (χ1v) is 10.9. The maximum Gasteiger partial charge on any atom is 0.275 e. The van der Waals surface area contributed by atoms with E-state index in [0.29, 0.717) is 11.6 Å². The van der Waals surface area contributed by atoms with Crippen molar-refractivity contribution < 1.29 is 19.3 Å². The predicted molar refractivity (Wildman–Crippen MR) is 114 cm³/mol. The molecule has 1 amide bonds. The van der Waals surface area contributed by atoms with Crippen LogP contribution in [-0.2, 0) is 17.8 Å². The summed E-state index contributed by atoms with van der Waals surface area (Å²) in [5, 5.41) is 3.81. The fourth-order valence-corrected chi connectivity index (χ4v) is 4.53. The molecule has 154 valence electrons. The van der Waals surface area contributed by atoms with Gasteiger partial charge >= 0.3 is 0 Å². The van der Waals surface area contributed by atoms with Gasteiger partial charge in [-0.05, 0) is 48.4 Å². The van der Waals surface area contributed by atoms with Crippen LogP contribution in [0.4, 0.5) is 0 Å². The van der Waals surface area contributed by atoms with Crippen molar-refractivity contribution in [1.82, 2.24) is 5.32 Å². The number of fused-ring (bicyclic) bond motifs is 1. The van der Waals surface area contributed by atoms with E-state index in [1.807, 2.05) is 31.2 Å². The molecule has 4 rings (SSSR count). The van der Waals surface area contributed by atoms with E-state index in [2.05, 4.69) is 23.5 Å². The van der Waals surface area contributed by atoms with Crippen LogP contribution in [0.25, 0.3) is 0 Å². The number of hydrogen-bond acceptors (Lipinski definition) is 2. The van der Waals surface area contributed by atoms with Crippen molar-refractivity contribution in [2.75, 3.05) is 39.3 Å². The standard InChI is InChI=1S/C23H28ClN3O2/c1-17(19-3-2-4-21(24)14-19)25-23(28)16-27-10-8-26(9-11-27)15-18-5-6-22-20(13-18)7-12-29-22/h2-6,13-14,17H,7-12,15-16H2,1H3,(H,25,28)/p+2/t17-/m1/s1. The highest BCUT2D eigenvalue weighted by molar-refractivity contribution is 6.30. The Morgan fingerprint density at radius 3 is 2.72 bits per heavy atom. The first-order valence-electron chi connectivity index (χ1n) is 10.5. The van der Waals surface area contributed by atoms with E-state index in [1.54, 1.807) is 4.90 Å². The van der Waals surface area contributed by atoms with Crippen LogP contribution in [0, 0.1) is 0 Å². The van der Waals surface area contributed by atoms with Crippen molar-refractivity contribution in [3.63, 3.8) is 0 Å². The van der Waals surface area contributed by atoms with Gasteiger partial charge in [0.15, 0.2) is 6.54 Å². The lowest BCUT2D eigenvalue weighted by Crippen LogP contribution is -3.28. The average Bonchev–Trinajstić information content (AvgIpc) is 3.17. The van der Waals surface area contributed by atoms with Gasteiger partial charge in [-0.15, -0.1) is 0 Å². The largest absolute Gasteiger partial charge is 0.493 e. The number of rotatable bonds is 6. The van der Waals surface area contributed by atoms with Crippen LogP contribution < -0.4 is 19.9 Å². The van der Waals surface area contributed by atoms with Gasteiger partial charge in [-0.25, -0.2) is 0 Å². The van der Waals surface area contributed by atoms with Gasteiger partial charge in [0.05, 0.1) is 12.6 Å². The number of ether oxygens (including phenoxy) is 1. The second-order valence-electron chi connectivity index (χ2n) is 8.24. The summed E-state index contributed by atoms with van der Waals surface area (Å²) in [6.07, 6.45) is 1.03. The summed E-state index contributed by atoms with van der Waals surface area (Å²) in [4.78, 5) is 15.4.